The summed E-state index contributed by atoms with van der Waals surface area (Å²) in [4.78, 5) is 52.0. The van der Waals surface area contributed by atoms with E-state index in [-0.39, 0.29) is 36.2 Å². The van der Waals surface area contributed by atoms with Crippen LogP contribution >= 0.6 is 0 Å². The molecule has 2 saturated heterocycles. The maximum absolute atomic E-state index is 13.3. The van der Waals surface area contributed by atoms with E-state index >= 15 is 0 Å². The van der Waals surface area contributed by atoms with Gasteiger partial charge in [-0.05, 0) is 63.4 Å². The number of carbonyl (C=O) groups is 3. The first-order valence-electron chi connectivity index (χ1n) is 12.8. The van der Waals surface area contributed by atoms with Gasteiger partial charge < -0.3 is 9.57 Å². The summed E-state index contributed by atoms with van der Waals surface area (Å²) in [6, 6.07) is 8.75. The monoisotopic (exact) mass is 497 g/mol. The predicted octanol–water partition coefficient (Wildman–Crippen LogP) is 3.21. The zero-order valence-corrected chi connectivity index (χ0v) is 21.1. The number of nitrogens with one attached hydrogen (secondary N) is 1. The molecule has 194 valence electrons. The molecule has 3 fully saturated rings. The summed E-state index contributed by atoms with van der Waals surface area (Å²) in [5, 5.41) is 1.23. The van der Waals surface area contributed by atoms with Gasteiger partial charge in [-0.2, -0.15) is 10.5 Å². The molecule has 2 bridgehead atoms. The lowest BCUT2D eigenvalue weighted by molar-refractivity contribution is -0.200. The summed E-state index contributed by atoms with van der Waals surface area (Å²) in [5.74, 6) is -0.00702. The molecule has 36 heavy (non-hydrogen) atoms. The van der Waals surface area contributed by atoms with Crippen LogP contribution in [0.4, 0.5) is 4.79 Å². The lowest BCUT2D eigenvalue weighted by atomic mass is 9.86. The Bertz CT molecular complexity index is 1020. The second-order valence-electron chi connectivity index (χ2n) is 11.3. The molecule has 2 heterocycles. The standard InChI is InChI=1S/C27H35N3O6/c1-27(2,3)35-26(33)29-14-20(28-34-16-17-7-5-4-6-8-17)11-12-22(29)25(32)36-30-15-21-18-9-10-19(13-18)23(21)24(30)31/h4-10,18-23,28H,11-16H2,1-3H3/t18?,19?,20-,21?,22+,23?/m1/s1. The third-order valence-corrected chi connectivity index (χ3v) is 7.54. The van der Waals surface area contributed by atoms with Crippen LogP contribution in [0, 0.1) is 23.7 Å². The van der Waals surface area contributed by atoms with Crippen molar-refractivity contribution in [3.05, 3.63) is 48.0 Å². The van der Waals surface area contributed by atoms with E-state index in [1.807, 2.05) is 30.3 Å². The van der Waals surface area contributed by atoms with Gasteiger partial charge in [-0.15, -0.1) is 0 Å². The SMILES string of the molecule is CC(C)(C)OC(=O)N1C[C@H](NOCc2ccccc2)CC[C@H]1C(=O)ON1CC2C3C=CC(C3)C2C1=O. The molecule has 0 radical (unpaired) electrons. The van der Waals surface area contributed by atoms with Gasteiger partial charge in [0.1, 0.15) is 11.6 Å². The highest BCUT2D eigenvalue weighted by Crippen LogP contribution is 2.52. The molecule has 0 spiro atoms. The summed E-state index contributed by atoms with van der Waals surface area (Å²) in [6.07, 6.45) is 5.69. The Morgan fingerprint density at radius 3 is 2.53 bits per heavy atom. The molecule has 0 aromatic heterocycles. The van der Waals surface area contributed by atoms with Crippen LogP contribution in [0.1, 0.15) is 45.6 Å². The van der Waals surface area contributed by atoms with Crippen molar-refractivity contribution in [3.63, 3.8) is 0 Å². The van der Waals surface area contributed by atoms with Gasteiger partial charge in [0, 0.05) is 6.54 Å². The zero-order valence-electron chi connectivity index (χ0n) is 21.1. The Hall–Kier alpha value is -2.91. The van der Waals surface area contributed by atoms with Gasteiger partial charge in [-0.25, -0.2) is 9.59 Å². The number of piperidine rings is 1. The van der Waals surface area contributed by atoms with Crippen LogP contribution in [0.3, 0.4) is 0 Å². The Kier molecular flexibility index (Phi) is 6.78. The van der Waals surface area contributed by atoms with Crippen molar-refractivity contribution in [2.24, 2.45) is 23.7 Å². The van der Waals surface area contributed by atoms with Crippen LogP contribution in [0.15, 0.2) is 42.5 Å². The van der Waals surface area contributed by atoms with Crippen molar-refractivity contribution in [2.45, 2.75) is 64.3 Å². The first kappa shape index (κ1) is 24.8. The van der Waals surface area contributed by atoms with Gasteiger partial charge in [0.2, 0.25) is 0 Å². The average Bonchev–Trinajstić information content (AvgIpc) is 3.53. The van der Waals surface area contributed by atoms with Gasteiger partial charge in [0.15, 0.2) is 0 Å². The largest absolute Gasteiger partial charge is 0.444 e. The summed E-state index contributed by atoms with van der Waals surface area (Å²) < 4.78 is 5.59. The van der Waals surface area contributed by atoms with Crippen molar-refractivity contribution in [2.75, 3.05) is 13.1 Å². The molecule has 4 aliphatic rings. The number of nitrogens with zero attached hydrogens (tertiary/aromatic N) is 2. The normalized spacial score (nSPS) is 31.0. The van der Waals surface area contributed by atoms with E-state index in [1.54, 1.807) is 20.8 Å². The number of benzene rings is 1. The first-order chi connectivity index (χ1) is 17.2. The number of fused-ring (bicyclic) bond motifs is 5. The van der Waals surface area contributed by atoms with E-state index in [0.717, 1.165) is 12.0 Å². The van der Waals surface area contributed by atoms with E-state index in [2.05, 4.69) is 17.6 Å². The lowest BCUT2D eigenvalue weighted by Crippen LogP contribution is -2.57. The van der Waals surface area contributed by atoms with Crippen LogP contribution < -0.4 is 5.48 Å². The van der Waals surface area contributed by atoms with Crippen LogP contribution in [-0.2, 0) is 30.6 Å². The molecular weight excluding hydrogens is 462 g/mol. The molecule has 5 rings (SSSR count). The zero-order chi connectivity index (χ0) is 25.4. The lowest BCUT2D eigenvalue weighted by Gasteiger charge is -2.39. The smallest absolute Gasteiger partial charge is 0.411 e. The van der Waals surface area contributed by atoms with Gasteiger partial charge in [-0.3, -0.25) is 14.5 Å². The first-order valence-corrected chi connectivity index (χ1v) is 12.8. The molecule has 2 aliphatic heterocycles. The van der Waals surface area contributed by atoms with Gasteiger partial charge >= 0.3 is 12.1 Å². The van der Waals surface area contributed by atoms with Crippen LogP contribution in [0.2, 0.25) is 0 Å². The number of amides is 2. The summed E-state index contributed by atoms with van der Waals surface area (Å²) in [6.45, 7) is 6.36. The van der Waals surface area contributed by atoms with E-state index in [4.69, 9.17) is 14.4 Å². The van der Waals surface area contributed by atoms with Crippen LogP contribution in [-0.4, -0.2) is 58.7 Å². The summed E-state index contributed by atoms with van der Waals surface area (Å²) in [5.41, 5.74) is 3.33. The number of ether oxygens (including phenoxy) is 1. The highest BCUT2D eigenvalue weighted by molar-refractivity contribution is 5.86. The van der Waals surface area contributed by atoms with Gasteiger partial charge in [0.25, 0.3) is 5.91 Å². The maximum Gasteiger partial charge on any atom is 0.411 e. The fourth-order valence-electron chi connectivity index (χ4n) is 5.89. The number of carbonyl (C=O) groups excluding carboxylic acids is 3. The van der Waals surface area contributed by atoms with Crippen LogP contribution in [0.25, 0.3) is 0 Å². The number of hydroxylamine groups is 3. The minimum Gasteiger partial charge on any atom is -0.444 e. The fraction of sp³-hybridized carbons (Fsp3) is 0.593. The maximum atomic E-state index is 13.3. The van der Waals surface area contributed by atoms with Crippen molar-refractivity contribution < 1.29 is 28.8 Å². The van der Waals surface area contributed by atoms with E-state index in [9.17, 15) is 14.4 Å². The quantitative estimate of drug-likeness (QED) is 0.476. The van der Waals surface area contributed by atoms with Crippen LogP contribution in [0.5, 0.6) is 0 Å². The second kappa shape index (κ2) is 9.86. The molecule has 1 N–H and O–H groups in total. The molecule has 9 nitrogen and oxygen atoms in total. The van der Waals surface area contributed by atoms with E-state index in [1.165, 1.54) is 9.96 Å². The molecule has 1 saturated carbocycles. The van der Waals surface area contributed by atoms with E-state index < -0.39 is 23.7 Å². The van der Waals surface area contributed by atoms with E-state index in [0.29, 0.717) is 31.9 Å². The Balaban J connectivity index is 1.21. The molecule has 4 unspecified atom stereocenters. The number of rotatable bonds is 6. The number of allylic oxidation sites excluding steroid dienone is 2. The highest BCUT2D eigenvalue weighted by atomic mass is 16.7. The Morgan fingerprint density at radius 1 is 1.06 bits per heavy atom. The molecule has 1 aromatic rings. The predicted molar refractivity (Wildman–Crippen MR) is 130 cm³/mol. The minimum absolute atomic E-state index is 0.101. The highest BCUT2D eigenvalue weighted by Gasteiger charge is 2.56. The summed E-state index contributed by atoms with van der Waals surface area (Å²) in [7, 11) is 0. The molecule has 2 aliphatic carbocycles. The van der Waals surface area contributed by atoms with Crippen molar-refractivity contribution >= 4 is 18.0 Å². The summed E-state index contributed by atoms with van der Waals surface area (Å²) >= 11 is 0. The van der Waals surface area contributed by atoms with Gasteiger partial charge in [0.05, 0.1) is 25.1 Å². The van der Waals surface area contributed by atoms with Crippen molar-refractivity contribution in [1.82, 2.24) is 15.4 Å². The third kappa shape index (κ3) is 5.13. The topological polar surface area (TPSA) is 97.4 Å². The number of hydrogen-bond donors (Lipinski definition) is 1. The number of hydrogen-bond acceptors (Lipinski definition) is 7. The molecule has 1 aromatic carbocycles. The van der Waals surface area contributed by atoms with Crippen molar-refractivity contribution in [3.8, 4) is 0 Å². The Labute approximate surface area is 211 Å². The number of likely N-dealkylation sites (tertiary alicyclic amines) is 1. The van der Waals surface area contributed by atoms with Gasteiger partial charge in [-0.1, -0.05) is 42.5 Å². The molecule has 2 amide bonds. The molecular formula is C27H35N3O6. The average molecular weight is 498 g/mol. The molecule has 9 heteroatoms. The second-order valence-corrected chi connectivity index (χ2v) is 11.3. The third-order valence-electron chi connectivity index (χ3n) is 7.54. The molecule has 6 atom stereocenters. The minimum atomic E-state index is -0.838. The Morgan fingerprint density at radius 2 is 1.81 bits per heavy atom. The fourth-order valence-corrected chi connectivity index (χ4v) is 5.89. The van der Waals surface area contributed by atoms with Crippen molar-refractivity contribution in [1.29, 1.82) is 0 Å².